The number of methoxy groups -OCH3 is 2. The predicted octanol–water partition coefficient (Wildman–Crippen LogP) is 1.21. The molecule has 1 fully saturated rings. The molecule has 0 spiro atoms. The molecule has 5 nitrogen and oxygen atoms in total. The fourth-order valence-electron chi connectivity index (χ4n) is 2.80. The Morgan fingerprint density at radius 3 is 2.58 bits per heavy atom. The second-order valence-corrected chi connectivity index (χ2v) is 5.45. The largest absolute Gasteiger partial charge is 0.377 e. The fourth-order valence-corrected chi connectivity index (χ4v) is 2.80. The molecule has 2 N–H and O–H groups in total. The molecule has 2 unspecified atom stereocenters. The normalized spacial score (nSPS) is 24.6. The van der Waals surface area contributed by atoms with E-state index in [2.05, 4.69) is 18.7 Å². The first-order chi connectivity index (χ1) is 9.12. The third-order valence-corrected chi connectivity index (χ3v) is 4.01. The summed E-state index contributed by atoms with van der Waals surface area (Å²) < 4.78 is 16.8. The smallest absolute Gasteiger partial charge is 0.176 e. The molecule has 1 rings (SSSR count). The summed E-state index contributed by atoms with van der Waals surface area (Å²) in [5.41, 5.74) is 5.69. The van der Waals surface area contributed by atoms with Crippen molar-refractivity contribution in [2.24, 2.45) is 5.73 Å². The summed E-state index contributed by atoms with van der Waals surface area (Å²) in [5, 5.41) is 0. The van der Waals surface area contributed by atoms with E-state index in [-0.39, 0.29) is 11.8 Å². The Hall–Kier alpha value is -0.200. The lowest BCUT2D eigenvalue weighted by Crippen LogP contribution is -2.63. The van der Waals surface area contributed by atoms with Gasteiger partial charge in [-0.2, -0.15) is 0 Å². The van der Waals surface area contributed by atoms with Crippen molar-refractivity contribution in [3.05, 3.63) is 0 Å². The van der Waals surface area contributed by atoms with Crippen molar-refractivity contribution < 1.29 is 14.2 Å². The van der Waals surface area contributed by atoms with Crippen molar-refractivity contribution in [1.82, 2.24) is 4.90 Å². The van der Waals surface area contributed by atoms with Gasteiger partial charge in [0, 0.05) is 33.9 Å². The Morgan fingerprint density at radius 1 is 1.37 bits per heavy atom. The molecule has 2 atom stereocenters. The maximum Gasteiger partial charge on any atom is 0.176 e. The number of hydrogen-bond acceptors (Lipinski definition) is 5. The number of ether oxygens (including phenoxy) is 3. The molecule has 1 heterocycles. The van der Waals surface area contributed by atoms with Gasteiger partial charge in [-0.25, -0.2) is 0 Å². The lowest BCUT2D eigenvalue weighted by Gasteiger charge is -2.47. The van der Waals surface area contributed by atoms with E-state index in [9.17, 15) is 0 Å². The number of rotatable bonds is 8. The van der Waals surface area contributed by atoms with Gasteiger partial charge in [0.2, 0.25) is 0 Å². The molecular formula is C14H30N2O3. The van der Waals surface area contributed by atoms with Crippen molar-refractivity contribution in [3.63, 3.8) is 0 Å². The Balaban J connectivity index is 2.68. The third-order valence-electron chi connectivity index (χ3n) is 4.01. The summed E-state index contributed by atoms with van der Waals surface area (Å²) in [7, 11) is 3.33. The summed E-state index contributed by atoms with van der Waals surface area (Å²) in [4.78, 5) is 2.36. The van der Waals surface area contributed by atoms with Crippen LogP contribution >= 0.6 is 0 Å². The molecule has 0 aromatic rings. The van der Waals surface area contributed by atoms with Gasteiger partial charge in [0.05, 0.1) is 11.6 Å². The predicted molar refractivity (Wildman–Crippen MR) is 76.1 cm³/mol. The van der Waals surface area contributed by atoms with E-state index in [1.165, 1.54) is 0 Å². The third kappa shape index (κ3) is 4.13. The van der Waals surface area contributed by atoms with Gasteiger partial charge in [-0.1, -0.05) is 6.92 Å². The zero-order chi connectivity index (χ0) is 14.3. The zero-order valence-electron chi connectivity index (χ0n) is 12.9. The number of hydrogen-bond donors (Lipinski definition) is 1. The number of likely N-dealkylation sites (tertiary alicyclic amines) is 1. The van der Waals surface area contributed by atoms with Crippen LogP contribution < -0.4 is 5.73 Å². The highest BCUT2D eigenvalue weighted by molar-refractivity contribution is 4.94. The molecule has 114 valence electrons. The van der Waals surface area contributed by atoms with Crippen LogP contribution in [0.25, 0.3) is 0 Å². The molecule has 0 aromatic carbocycles. The van der Waals surface area contributed by atoms with Crippen LogP contribution in [0, 0.1) is 0 Å². The van der Waals surface area contributed by atoms with Crippen LogP contribution in [0.15, 0.2) is 0 Å². The molecule has 1 saturated heterocycles. The van der Waals surface area contributed by atoms with Crippen molar-refractivity contribution in [3.8, 4) is 0 Å². The Bertz CT molecular complexity index is 249. The fraction of sp³-hybridized carbons (Fsp3) is 1.00. The van der Waals surface area contributed by atoms with Crippen molar-refractivity contribution in [2.75, 3.05) is 40.5 Å². The van der Waals surface area contributed by atoms with Crippen LogP contribution in [0.3, 0.4) is 0 Å². The van der Waals surface area contributed by atoms with Crippen LogP contribution in [-0.4, -0.2) is 63.3 Å². The van der Waals surface area contributed by atoms with Gasteiger partial charge in [0.15, 0.2) is 6.29 Å². The van der Waals surface area contributed by atoms with Gasteiger partial charge in [0.1, 0.15) is 0 Å². The van der Waals surface area contributed by atoms with Gasteiger partial charge in [0.25, 0.3) is 0 Å². The second kappa shape index (κ2) is 8.17. The summed E-state index contributed by atoms with van der Waals surface area (Å²) in [5.74, 6) is 0. The topological polar surface area (TPSA) is 57.0 Å². The molecule has 19 heavy (non-hydrogen) atoms. The van der Waals surface area contributed by atoms with E-state index in [4.69, 9.17) is 19.9 Å². The summed E-state index contributed by atoms with van der Waals surface area (Å²) in [6, 6.07) is 0. The van der Waals surface area contributed by atoms with E-state index in [0.717, 1.165) is 39.0 Å². The molecule has 0 radical (unpaired) electrons. The minimum absolute atomic E-state index is 0.300. The van der Waals surface area contributed by atoms with Crippen LogP contribution in [0.1, 0.15) is 33.1 Å². The van der Waals surface area contributed by atoms with Crippen molar-refractivity contribution in [1.29, 1.82) is 0 Å². The van der Waals surface area contributed by atoms with Crippen molar-refractivity contribution >= 4 is 0 Å². The first kappa shape index (κ1) is 16.9. The van der Waals surface area contributed by atoms with Gasteiger partial charge >= 0.3 is 0 Å². The van der Waals surface area contributed by atoms with Crippen LogP contribution in [0.4, 0.5) is 0 Å². The number of nitrogens with two attached hydrogens (primary N) is 1. The molecule has 0 aromatic heterocycles. The van der Waals surface area contributed by atoms with E-state index in [1.807, 2.05) is 0 Å². The highest BCUT2D eigenvalue weighted by Gasteiger charge is 2.41. The molecule has 5 heteroatoms. The lowest BCUT2D eigenvalue weighted by molar-refractivity contribution is -0.190. The SMILES string of the molecule is CCCOC1CCCN(C(C)(CN)C(OC)OC)C1. The van der Waals surface area contributed by atoms with E-state index in [1.54, 1.807) is 14.2 Å². The molecule has 1 aliphatic rings. The van der Waals surface area contributed by atoms with Gasteiger partial charge < -0.3 is 19.9 Å². The van der Waals surface area contributed by atoms with Crippen LogP contribution in [0.2, 0.25) is 0 Å². The molecule has 0 amide bonds. The maximum atomic E-state index is 5.99. The molecule has 1 aliphatic heterocycles. The van der Waals surface area contributed by atoms with E-state index < -0.39 is 0 Å². The van der Waals surface area contributed by atoms with Crippen molar-refractivity contribution in [2.45, 2.75) is 51.0 Å². The minimum atomic E-state index is -0.317. The Morgan fingerprint density at radius 2 is 2.05 bits per heavy atom. The first-order valence-corrected chi connectivity index (χ1v) is 7.24. The lowest BCUT2D eigenvalue weighted by atomic mass is 9.94. The number of nitrogens with zero attached hydrogens (tertiary/aromatic N) is 1. The molecule has 0 aliphatic carbocycles. The quantitative estimate of drug-likeness (QED) is 0.674. The maximum absolute atomic E-state index is 5.99. The zero-order valence-corrected chi connectivity index (χ0v) is 12.9. The molecular weight excluding hydrogens is 244 g/mol. The second-order valence-electron chi connectivity index (χ2n) is 5.45. The van der Waals surface area contributed by atoms with Gasteiger partial charge in [-0.15, -0.1) is 0 Å². The van der Waals surface area contributed by atoms with Gasteiger partial charge in [-0.3, -0.25) is 4.90 Å². The standard InChI is InChI=1S/C14H30N2O3/c1-5-9-19-12-7-6-8-16(10-12)14(2,11-15)13(17-3)18-4/h12-13H,5-11,15H2,1-4H3. The molecule has 0 bridgehead atoms. The Labute approximate surface area is 117 Å². The van der Waals surface area contributed by atoms with E-state index >= 15 is 0 Å². The summed E-state index contributed by atoms with van der Waals surface area (Å²) in [6.45, 7) is 7.48. The summed E-state index contributed by atoms with van der Waals surface area (Å²) >= 11 is 0. The van der Waals surface area contributed by atoms with Gasteiger partial charge in [-0.05, 0) is 32.7 Å². The van der Waals surface area contributed by atoms with Crippen LogP contribution in [0.5, 0.6) is 0 Å². The number of piperidine rings is 1. The average Bonchev–Trinajstić information content (AvgIpc) is 2.46. The molecule has 0 saturated carbocycles. The first-order valence-electron chi connectivity index (χ1n) is 7.24. The highest BCUT2D eigenvalue weighted by atomic mass is 16.7. The van der Waals surface area contributed by atoms with E-state index in [0.29, 0.717) is 12.6 Å². The monoisotopic (exact) mass is 274 g/mol. The average molecular weight is 274 g/mol. The Kier molecular flexibility index (Phi) is 7.25. The van der Waals surface area contributed by atoms with Crippen LogP contribution in [-0.2, 0) is 14.2 Å². The highest BCUT2D eigenvalue weighted by Crippen LogP contribution is 2.26. The summed E-state index contributed by atoms with van der Waals surface area (Å²) in [6.07, 6.45) is 3.30. The minimum Gasteiger partial charge on any atom is -0.377 e.